The molecule has 1 aliphatic rings. The lowest BCUT2D eigenvalue weighted by Crippen LogP contribution is -2.42. The van der Waals surface area contributed by atoms with Crippen molar-refractivity contribution in [2.45, 2.75) is 25.8 Å². The highest BCUT2D eigenvalue weighted by Crippen LogP contribution is 2.20. The average Bonchev–Trinajstić information content (AvgIpc) is 2.82. The molecule has 1 aliphatic heterocycles. The van der Waals surface area contributed by atoms with E-state index >= 15 is 0 Å². The first kappa shape index (κ1) is 12.3. The van der Waals surface area contributed by atoms with Gasteiger partial charge in [0.2, 0.25) is 0 Å². The molecule has 3 amide bonds. The molecule has 0 spiro atoms. The van der Waals surface area contributed by atoms with Crippen LogP contribution in [0.3, 0.4) is 0 Å². The quantitative estimate of drug-likeness (QED) is 0.642. The second-order valence-electron chi connectivity index (χ2n) is 4.52. The third-order valence-corrected chi connectivity index (χ3v) is 3.24. The molecule has 1 unspecified atom stereocenters. The van der Waals surface area contributed by atoms with Crippen LogP contribution in [-0.2, 0) is 11.8 Å². The number of aromatic nitrogens is 1. The topological polar surface area (TPSA) is 66.7 Å². The van der Waals surface area contributed by atoms with Crippen LogP contribution in [0.4, 0.5) is 4.79 Å². The molecule has 1 saturated heterocycles. The molecule has 96 valence electrons. The predicted molar refractivity (Wildman–Crippen MR) is 67.1 cm³/mol. The van der Waals surface area contributed by atoms with Crippen molar-refractivity contribution in [3.05, 3.63) is 24.0 Å². The fraction of sp³-hybridized carbons (Fsp3) is 0.417. The van der Waals surface area contributed by atoms with E-state index in [1.165, 1.54) is 6.21 Å². The van der Waals surface area contributed by atoms with Crippen LogP contribution in [0.2, 0.25) is 0 Å². The van der Waals surface area contributed by atoms with E-state index < -0.39 is 11.6 Å². The Bertz CT molecular complexity index is 520. The van der Waals surface area contributed by atoms with Crippen LogP contribution in [0.15, 0.2) is 23.4 Å². The van der Waals surface area contributed by atoms with E-state index in [2.05, 4.69) is 10.4 Å². The zero-order valence-corrected chi connectivity index (χ0v) is 10.7. The number of amides is 3. The van der Waals surface area contributed by atoms with Crippen molar-refractivity contribution >= 4 is 18.2 Å². The summed E-state index contributed by atoms with van der Waals surface area (Å²) >= 11 is 0. The van der Waals surface area contributed by atoms with Crippen LogP contribution in [0.5, 0.6) is 0 Å². The van der Waals surface area contributed by atoms with Gasteiger partial charge < -0.3 is 9.88 Å². The molecule has 2 rings (SSSR count). The van der Waals surface area contributed by atoms with Crippen LogP contribution in [0.25, 0.3) is 0 Å². The molecule has 6 heteroatoms. The molecule has 0 radical (unpaired) electrons. The van der Waals surface area contributed by atoms with Gasteiger partial charge in [0.05, 0.1) is 11.9 Å². The minimum absolute atomic E-state index is 0.319. The Hall–Kier alpha value is -2.11. The molecule has 0 saturated carbocycles. The molecule has 1 aromatic rings. The second kappa shape index (κ2) is 4.29. The summed E-state index contributed by atoms with van der Waals surface area (Å²) in [6, 6.07) is 3.24. The van der Waals surface area contributed by atoms with Crippen molar-refractivity contribution in [1.29, 1.82) is 0 Å². The van der Waals surface area contributed by atoms with Crippen LogP contribution < -0.4 is 5.32 Å². The standard InChI is InChI=1S/C12H16N4O2/c1-4-12(2)10(17)16(11(18)14-12)13-8-9-6-5-7-15(9)3/h5-8H,4H2,1-3H3,(H,14,18)/b13-8+. The minimum Gasteiger partial charge on any atom is -0.350 e. The Kier molecular flexibility index (Phi) is 2.94. The van der Waals surface area contributed by atoms with Gasteiger partial charge in [0.15, 0.2) is 0 Å². The molecule has 1 aromatic heterocycles. The third kappa shape index (κ3) is 1.90. The van der Waals surface area contributed by atoms with Gasteiger partial charge in [-0.2, -0.15) is 5.10 Å². The van der Waals surface area contributed by atoms with Crippen LogP contribution in [-0.4, -0.2) is 33.3 Å². The average molecular weight is 248 g/mol. The first-order valence-corrected chi connectivity index (χ1v) is 5.80. The minimum atomic E-state index is -0.845. The largest absolute Gasteiger partial charge is 0.350 e. The van der Waals surface area contributed by atoms with Crippen molar-refractivity contribution in [3.8, 4) is 0 Å². The van der Waals surface area contributed by atoms with Crippen LogP contribution in [0, 0.1) is 0 Å². The van der Waals surface area contributed by atoms with Gasteiger partial charge in [0.25, 0.3) is 5.91 Å². The molecule has 1 N–H and O–H groups in total. The smallest absolute Gasteiger partial charge is 0.346 e. The zero-order valence-electron chi connectivity index (χ0n) is 10.7. The van der Waals surface area contributed by atoms with Gasteiger partial charge in [-0.15, -0.1) is 5.01 Å². The number of urea groups is 1. The van der Waals surface area contributed by atoms with Crippen molar-refractivity contribution in [3.63, 3.8) is 0 Å². The van der Waals surface area contributed by atoms with Gasteiger partial charge in [-0.3, -0.25) is 4.79 Å². The lowest BCUT2D eigenvalue weighted by molar-refractivity contribution is -0.130. The van der Waals surface area contributed by atoms with Gasteiger partial charge in [-0.25, -0.2) is 4.79 Å². The molecule has 0 aromatic carbocycles. The van der Waals surface area contributed by atoms with Crippen molar-refractivity contribution < 1.29 is 9.59 Å². The number of nitrogens with one attached hydrogen (secondary N) is 1. The van der Waals surface area contributed by atoms with Crippen LogP contribution in [0.1, 0.15) is 26.0 Å². The Labute approximate surface area is 105 Å². The number of carbonyl (C=O) groups excluding carboxylic acids is 2. The molecule has 1 fully saturated rings. The van der Waals surface area contributed by atoms with E-state index in [9.17, 15) is 9.59 Å². The molecule has 2 heterocycles. The molecule has 18 heavy (non-hydrogen) atoms. The van der Waals surface area contributed by atoms with E-state index in [-0.39, 0.29) is 5.91 Å². The van der Waals surface area contributed by atoms with E-state index in [0.29, 0.717) is 6.42 Å². The van der Waals surface area contributed by atoms with Gasteiger partial charge in [0.1, 0.15) is 5.54 Å². The molecular weight excluding hydrogens is 232 g/mol. The summed E-state index contributed by atoms with van der Waals surface area (Å²) in [5.74, 6) is -0.319. The second-order valence-corrected chi connectivity index (χ2v) is 4.52. The van der Waals surface area contributed by atoms with Crippen molar-refractivity contribution in [1.82, 2.24) is 14.9 Å². The van der Waals surface area contributed by atoms with Gasteiger partial charge in [-0.05, 0) is 25.5 Å². The van der Waals surface area contributed by atoms with Crippen molar-refractivity contribution in [2.75, 3.05) is 0 Å². The van der Waals surface area contributed by atoms with Gasteiger partial charge in [0, 0.05) is 13.2 Å². The first-order chi connectivity index (χ1) is 8.48. The fourth-order valence-electron chi connectivity index (χ4n) is 1.74. The summed E-state index contributed by atoms with van der Waals surface area (Å²) < 4.78 is 1.85. The number of hydrogen-bond donors (Lipinski definition) is 1. The maximum atomic E-state index is 12.0. The monoisotopic (exact) mass is 248 g/mol. The number of hydrogen-bond acceptors (Lipinski definition) is 3. The molecule has 1 atom stereocenters. The Morgan fingerprint density at radius 1 is 1.50 bits per heavy atom. The summed E-state index contributed by atoms with van der Waals surface area (Å²) in [7, 11) is 1.86. The van der Waals surface area contributed by atoms with E-state index in [4.69, 9.17) is 0 Å². The normalized spacial score (nSPS) is 24.1. The summed E-state index contributed by atoms with van der Waals surface area (Å²) in [5, 5.41) is 7.48. The van der Waals surface area contributed by atoms with E-state index in [0.717, 1.165) is 10.7 Å². The van der Waals surface area contributed by atoms with Crippen molar-refractivity contribution in [2.24, 2.45) is 12.1 Å². The number of rotatable bonds is 3. The fourth-order valence-corrected chi connectivity index (χ4v) is 1.74. The number of nitrogens with zero attached hydrogens (tertiary/aromatic N) is 3. The zero-order chi connectivity index (χ0) is 13.3. The number of carbonyl (C=O) groups is 2. The van der Waals surface area contributed by atoms with Gasteiger partial charge >= 0.3 is 6.03 Å². The number of hydrazone groups is 1. The lowest BCUT2D eigenvalue weighted by atomic mass is 10.00. The highest BCUT2D eigenvalue weighted by Gasteiger charge is 2.46. The number of imide groups is 1. The van der Waals surface area contributed by atoms with Gasteiger partial charge in [-0.1, -0.05) is 6.92 Å². The molecule has 6 nitrogen and oxygen atoms in total. The van der Waals surface area contributed by atoms with E-state index in [1.807, 2.05) is 36.9 Å². The number of aryl methyl sites for hydroxylation is 1. The SMILES string of the molecule is CCC1(C)NC(=O)N(/N=C/c2cccn2C)C1=O. The highest BCUT2D eigenvalue weighted by molar-refractivity contribution is 6.07. The Morgan fingerprint density at radius 3 is 2.72 bits per heavy atom. The first-order valence-electron chi connectivity index (χ1n) is 5.80. The maximum absolute atomic E-state index is 12.0. The molecule has 0 bridgehead atoms. The molecular formula is C12H16N4O2. The lowest BCUT2D eigenvalue weighted by Gasteiger charge is -2.17. The Morgan fingerprint density at radius 2 is 2.22 bits per heavy atom. The van der Waals surface area contributed by atoms with E-state index in [1.54, 1.807) is 6.92 Å². The third-order valence-electron chi connectivity index (χ3n) is 3.24. The Balaban J connectivity index is 2.20. The predicted octanol–water partition coefficient (Wildman–Crippen LogP) is 1.08. The molecule has 0 aliphatic carbocycles. The maximum Gasteiger partial charge on any atom is 0.346 e. The highest BCUT2D eigenvalue weighted by atomic mass is 16.2. The summed E-state index contributed by atoms with van der Waals surface area (Å²) in [6.07, 6.45) is 3.90. The summed E-state index contributed by atoms with van der Waals surface area (Å²) in [5.41, 5.74) is -0.0245. The summed E-state index contributed by atoms with van der Waals surface area (Å²) in [4.78, 5) is 23.7. The van der Waals surface area contributed by atoms with Crippen LogP contribution >= 0.6 is 0 Å². The summed E-state index contributed by atoms with van der Waals surface area (Å²) in [6.45, 7) is 3.55.